The zero-order chi connectivity index (χ0) is 13.7. The highest BCUT2D eigenvalue weighted by molar-refractivity contribution is 6.33. The molecule has 2 N–H and O–H groups in total. The van der Waals surface area contributed by atoms with Crippen LogP contribution in [0.15, 0.2) is 18.2 Å². The quantitative estimate of drug-likeness (QED) is 0.512. The average molecular weight is 283 g/mol. The molecule has 104 valence electrons. The zero-order valence-corrected chi connectivity index (χ0v) is 11.7. The maximum atomic E-state index is 11.8. The zero-order valence-electron chi connectivity index (χ0n) is 10.9. The fourth-order valence-corrected chi connectivity index (χ4v) is 2.33. The maximum Gasteiger partial charge on any atom is 0.338 e. The van der Waals surface area contributed by atoms with Gasteiger partial charge in [-0.2, -0.15) is 0 Å². The van der Waals surface area contributed by atoms with Gasteiger partial charge >= 0.3 is 5.97 Å². The lowest BCUT2D eigenvalue weighted by molar-refractivity contribution is 0.0491. The van der Waals surface area contributed by atoms with Crippen molar-refractivity contribution in [1.82, 2.24) is 4.90 Å². The molecule has 2 rings (SSSR count). The molecule has 0 unspecified atom stereocenters. The third-order valence-electron chi connectivity index (χ3n) is 3.28. The summed E-state index contributed by atoms with van der Waals surface area (Å²) < 4.78 is 5.22. The number of anilines is 1. The van der Waals surface area contributed by atoms with Gasteiger partial charge in [0.15, 0.2) is 0 Å². The van der Waals surface area contributed by atoms with Gasteiger partial charge < -0.3 is 15.4 Å². The van der Waals surface area contributed by atoms with Gasteiger partial charge in [-0.1, -0.05) is 11.6 Å². The van der Waals surface area contributed by atoms with Crippen LogP contribution in [-0.2, 0) is 4.74 Å². The van der Waals surface area contributed by atoms with Crippen molar-refractivity contribution in [1.29, 1.82) is 0 Å². The van der Waals surface area contributed by atoms with Crippen LogP contribution in [0.3, 0.4) is 0 Å². The Morgan fingerprint density at radius 2 is 2.11 bits per heavy atom. The topological polar surface area (TPSA) is 55.6 Å². The van der Waals surface area contributed by atoms with Crippen molar-refractivity contribution in [2.45, 2.75) is 19.3 Å². The summed E-state index contributed by atoms with van der Waals surface area (Å²) in [5, 5.41) is 0.450. The van der Waals surface area contributed by atoms with E-state index in [0.29, 0.717) is 22.9 Å². The highest BCUT2D eigenvalue weighted by Crippen LogP contribution is 2.19. The Bertz CT molecular complexity index is 445. The molecule has 1 aliphatic rings. The number of hydrogen-bond acceptors (Lipinski definition) is 4. The van der Waals surface area contributed by atoms with Crippen molar-refractivity contribution >= 4 is 23.3 Å². The first-order valence-electron chi connectivity index (χ1n) is 6.61. The van der Waals surface area contributed by atoms with Gasteiger partial charge in [0.2, 0.25) is 0 Å². The smallest absolute Gasteiger partial charge is 0.338 e. The van der Waals surface area contributed by atoms with Gasteiger partial charge in [0.1, 0.15) is 0 Å². The maximum absolute atomic E-state index is 11.8. The normalized spacial score (nSPS) is 15.6. The predicted octanol–water partition coefficient (Wildman–Crippen LogP) is 2.56. The molecule has 1 aliphatic heterocycles. The molecule has 0 atom stereocenters. The number of likely N-dealkylation sites (tertiary alicyclic amines) is 1. The van der Waals surface area contributed by atoms with E-state index in [4.69, 9.17) is 22.1 Å². The predicted molar refractivity (Wildman–Crippen MR) is 76.4 cm³/mol. The lowest BCUT2D eigenvalue weighted by Gasteiger charge is -2.14. The molecule has 0 bridgehead atoms. The minimum absolute atomic E-state index is 0.343. The molecule has 1 aromatic carbocycles. The summed E-state index contributed by atoms with van der Waals surface area (Å²) in [6, 6.07) is 4.78. The van der Waals surface area contributed by atoms with Crippen molar-refractivity contribution in [3.05, 3.63) is 28.8 Å². The van der Waals surface area contributed by atoms with Crippen LogP contribution in [0.2, 0.25) is 5.02 Å². The second-order valence-corrected chi connectivity index (χ2v) is 5.18. The first-order chi connectivity index (χ1) is 9.16. The number of nitrogens with zero attached hydrogens (tertiary/aromatic N) is 1. The number of nitrogen functional groups attached to an aromatic ring is 1. The van der Waals surface area contributed by atoms with E-state index in [9.17, 15) is 4.79 Å². The van der Waals surface area contributed by atoms with E-state index in [-0.39, 0.29) is 5.97 Å². The summed E-state index contributed by atoms with van der Waals surface area (Å²) in [5.74, 6) is -0.343. The number of carbonyl (C=O) groups is 1. The van der Waals surface area contributed by atoms with Crippen LogP contribution in [0.25, 0.3) is 0 Å². The second kappa shape index (κ2) is 6.78. The lowest BCUT2D eigenvalue weighted by atomic mass is 10.2. The summed E-state index contributed by atoms with van der Waals surface area (Å²) in [5.41, 5.74) is 6.49. The van der Waals surface area contributed by atoms with Gasteiger partial charge in [-0.15, -0.1) is 0 Å². The molecular formula is C14H19ClN2O2. The van der Waals surface area contributed by atoms with Crippen molar-refractivity contribution in [2.75, 3.05) is 32.0 Å². The molecule has 1 fully saturated rings. The van der Waals surface area contributed by atoms with E-state index < -0.39 is 0 Å². The van der Waals surface area contributed by atoms with E-state index in [1.807, 2.05) is 0 Å². The Morgan fingerprint density at radius 3 is 2.79 bits per heavy atom. The van der Waals surface area contributed by atoms with Crippen LogP contribution in [0.5, 0.6) is 0 Å². The molecular weight excluding hydrogens is 264 g/mol. The molecule has 5 heteroatoms. The number of halogens is 1. The van der Waals surface area contributed by atoms with Crippen LogP contribution in [0.4, 0.5) is 5.69 Å². The standard InChI is InChI=1S/C14H19ClN2O2/c15-12-5-4-11(10-13(12)16)14(18)19-9-3-8-17-6-1-2-7-17/h4-5,10H,1-3,6-9,16H2. The van der Waals surface area contributed by atoms with Crippen LogP contribution >= 0.6 is 11.6 Å². The molecule has 0 radical (unpaired) electrons. The molecule has 0 aromatic heterocycles. The van der Waals surface area contributed by atoms with E-state index >= 15 is 0 Å². The van der Waals surface area contributed by atoms with Crippen molar-refractivity contribution in [2.24, 2.45) is 0 Å². The Labute approximate surface area is 118 Å². The van der Waals surface area contributed by atoms with E-state index in [1.165, 1.54) is 25.9 Å². The second-order valence-electron chi connectivity index (χ2n) is 4.77. The average Bonchev–Trinajstić information content (AvgIpc) is 2.91. The number of hydrogen-bond donors (Lipinski definition) is 1. The molecule has 0 spiro atoms. The van der Waals surface area contributed by atoms with E-state index in [2.05, 4.69) is 4.90 Å². The molecule has 0 aliphatic carbocycles. The van der Waals surface area contributed by atoms with E-state index in [1.54, 1.807) is 18.2 Å². The molecule has 1 heterocycles. The largest absolute Gasteiger partial charge is 0.462 e. The molecule has 0 saturated carbocycles. The number of rotatable bonds is 5. The molecule has 4 nitrogen and oxygen atoms in total. The van der Waals surface area contributed by atoms with Gasteiger partial charge in [0.05, 0.1) is 22.9 Å². The highest BCUT2D eigenvalue weighted by atomic mass is 35.5. The summed E-state index contributed by atoms with van der Waals surface area (Å²) in [6.45, 7) is 3.78. The molecule has 1 saturated heterocycles. The Kier molecular flexibility index (Phi) is 5.05. The summed E-state index contributed by atoms with van der Waals surface area (Å²) in [6.07, 6.45) is 3.43. The van der Waals surface area contributed by atoms with Gasteiger partial charge in [-0.05, 0) is 50.6 Å². The molecule has 19 heavy (non-hydrogen) atoms. The number of benzene rings is 1. The molecule has 1 aromatic rings. The number of carbonyl (C=O) groups excluding carboxylic acids is 1. The molecule has 0 amide bonds. The van der Waals surface area contributed by atoms with Crippen molar-refractivity contribution in [3.63, 3.8) is 0 Å². The summed E-state index contributed by atoms with van der Waals surface area (Å²) >= 11 is 5.80. The van der Waals surface area contributed by atoms with Crippen LogP contribution in [0.1, 0.15) is 29.6 Å². The van der Waals surface area contributed by atoms with Gasteiger partial charge in [-0.25, -0.2) is 4.79 Å². The monoisotopic (exact) mass is 282 g/mol. The SMILES string of the molecule is Nc1cc(C(=O)OCCCN2CCCC2)ccc1Cl. The van der Waals surface area contributed by atoms with Crippen LogP contribution in [-0.4, -0.2) is 37.1 Å². The lowest BCUT2D eigenvalue weighted by Crippen LogP contribution is -2.22. The van der Waals surface area contributed by atoms with E-state index in [0.717, 1.165) is 13.0 Å². The number of esters is 1. The third kappa shape index (κ3) is 4.11. The Hall–Kier alpha value is -1.26. The Balaban J connectivity index is 1.72. The van der Waals surface area contributed by atoms with Gasteiger partial charge in [-0.3, -0.25) is 0 Å². The number of ether oxygens (including phenoxy) is 1. The van der Waals surface area contributed by atoms with Gasteiger partial charge in [0, 0.05) is 6.54 Å². The minimum Gasteiger partial charge on any atom is -0.462 e. The van der Waals surface area contributed by atoms with Gasteiger partial charge in [0.25, 0.3) is 0 Å². The number of nitrogens with two attached hydrogens (primary N) is 1. The first-order valence-corrected chi connectivity index (χ1v) is 6.99. The first kappa shape index (κ1) is 14.2. The highest BCUT2D eigenvalue weighted by Gasteiger charge is 2.12. The third-order valence-corrected chi connectivity index (χ3v) is 3.63. The van der Waals surface area contributed by atoms with Crippen LogP contribution in [0, 0.1) is 0 Å². The Morgan fingerprint density at radius 1 is 1.37 bits per heavy atom. The fourth-order valence-electron chi connectivity index (χ4n) is 2.21. The van der Waals surface area contributed by atoms with Crippen molar-refractivity contribution < 1.29 is 9.53 Å². The fraction of sp³-hybridized carbons (Fsp3) is 0.500. The van der Waals surface area contributed by atoms with Crippen LogP contribution < -0.4 is 5.73 Å². The summed E-state index contributed by atoms with van der Waals surface area (Å²) in [7, 11) is 0. The summed E-state index contributed by atoms with van der Waals surface area (Å²) in [4.78, 5) is 14.2. The van der Waals surface area contributed by atoms with Crippen molar-refractivity contribution in [3.8, 4) is 0 Å². The minimum atomic E-state index is -0.343.